The van der Waals surface area contributed by atoms with Crippen molar-refractivity contribution in [1.29, 1.82) is 0 Å². The van der Waals surface area contributed by atoms with E-state index in [1.807, 2.05) is 0 Å². The van der Waals surface area contributed by atoms with Crippen LogP contribution in [0.4, 0.5) is 13.2 Å². The standard InChI is InChI=1S/C22H23F3O2/c1-3-15-8-9-17(12-19(15)23)27-13-14-4-6-16(7-5-14)18-10-11-20(26-2)22(25)21(18)24/h3,8-12,14,16H,1,4-7,13H2,2H3. The van der Waals surface area contributed by atoms with Crippen LogP contribution in [0.25, 0.3) is 6.08 Å². The first-order valence-corrected chi connectivity index (χ1v) is 9.10. The maximum absolute atomic E-state index is 14.3. The number of halogens is 3. The highest BCUT2D eigenvalue weighted by Gasteiger charge is 2.27. The van der Waals surface area contributed by atoms with Gasteiger partial charge in [-0.1, -0.05) is 18.7 Å². The monoisotopic (exact) mass is 376 g/mol. The highest BCUT2D eigenvalue weighted by Crippen LogP contribution is 2.38. The first-order chi connectivity index (χ1) is 13.0. The molecule has 0 saturated heterocycles. The van der Waals surface area contributed by atoms with Gasteiger partial charge in [-0.2, -0.15) is 4.39 Å². The molecule has 144 valence electrons. The molecule has 0 aliphatic heterocycles. The SMILES string of the molecule is C=Cc1ccc(OCC2CCC(c3ccc(OC)c(F)c3F)CC2)cc1F. The first kappa shape index (κ1) is 19.3. The van der Waals surface area contributed by atoms with Crippen LogP contribution in [0.5, 0.6) is 11.5 Å². The van der Waals surface area contributed by atoms with Gasteiger partial charge < -0.3 is 9.47 Å². The Hall–Kier alpha value is -2.43. The van der Waals surface area contributed by atoms with Crippen molar-refractivity contribution in [2.45, 2.75) is 31.6 Å². The minimum Gasteiger partial charge on any atom is -0.494 e. The van der Waals surface area contributed by atoms with Gasteiger partial charge in [0.25, 0.3) is 0 Å². The third-order valence-corrected chi connectivity index (χ3v) is 5.26. The molecule has 0 unspecified atom stereocenters. The zero-order valence-electron chi connectivity index (χ0n) is 15.3. The molecule has 0 heterocycles. The molecule has 3 rings (SSSR count). The van der Waals surface area contributed by atoms with E-state index in [1.54, 1.807) is 18.2 Å². The number of hydrogen-bond acceptors (Lipinski definition) is 2. The molecule has 1 aliphatic carbocycles. The van der Waals surface area contributed by atoms with Gasteiger partial charge in [-0.05, 0) is 61.3 Å². The van der Waals surface area contributed by atoms with Gasteiger partial charge >= 0.3 is 0 Å². The Kier molecular flexibility index (Phi) is 6.09. The molecule has 0 aromatic heterocycles. The van der Waals surface area contributed by atoms with Gasteiger partial charge in [0.15, 0.2) is 11.6 Å². The molecular formula is C22H23F3O2. The molecular weight excluding hydrogens is 353 g/mol. The minimum atomic E-state index is -0.926. The predicted molar refractivity (Wildman–Crippen MR) is 99.6 cm³/mol. The van der Waals surface area contributed by atoms with Crippen molar-refractivity contribution in [2.75, 3.05) is 13.7 Å². The fourth-order valence-corrected chi connectivity index (χ4v) is 3.64. The largest absolute Gasteiger partial charge is 0.494 e. The molecule has 2 aromatic carbocycles. The topological polar surface area (TPSA) is 18.5 Å². The molecule has 1 saturated carbocycles. The van der Waals surface area contributed by atoms with Crippen LogP contribution in [0.1, 0.15) is 42.7 Å². The van der Waals surface area contributed by atoms with Crippen LogP contribution in [0.3, 0.4) is 0 Å². The van der Waals surface area contributed by atoms with Crippen LogP contribution >= 0.6 is 0 Å². The Morgan fingerprint density at radius 1 is 1.04 bits per heavy atom. The highest BCUT2D eigenvalue weighted by molar-refractivity contribution is 5.49. The summed E-state index contributed by atoms with van der Waals surface area (Å²) in [6.45, 7) is 4.04. The molecule has 27 heavy (non-hydrogen) atoms. The third kappa shape index (κ3) is 4.29. The van der Waals surface area contributed by atoms with Crippen molar-refractivity contribution < 1.29 is 22.6 Å². The Labute approximate surface area is 157 Å². The lowest BCUT2D eigenvalue weighted by Gasteiger charge is -2.29. The molecule has 1 fully saturated rings. The van der Waals surface area contributed by atoms with E-state index in [0.717, 1.165) is 25.7 Å². The highest BCUT2D eigenvalue weighted by atomic mass is 19.2. The maximum atomic E-state index is 14.3. The summed E-state index contributed by atoms with van der Waals surface area (Å²) in [5.74, 6) is -1.38. The quantitative estimate of drug-likeness (QED) is 0.606. The predicted octanol–water partition coefficient (Wildman–Crippen LogP) is 6.11. The first-order valence-electron chi connectivity index (χ1n) is 9.10. The number of hydrogen-bond donors (Lipinski definition) is 0. The van der Waals surface area contributed by atoms with Crippen LogP contribution in [0, 0.1) is 23.4 Å². The van der Waals surface area contributed by atoms with Crippen molar-refractivity contribution in [3.63, 3.8) is 0 Å². The zero-order chi connectivity index (χ0) is 19.4. The lowest BCUT2D eigenvalue weighted by molar-refractivity contribution is 0.198. The van der Waals surface area contributed by atoms with E-state index in [-0.39, 0.29) is 17.5 Å². The number of benzene rings is 2. The van der Waals surface area contributed by atoms with Crippen LogP contribution < -0.4 is 9.47 Å². The summed E-state index contributed by atoms with van der Waals surface area (Å²) >= 11 is 0. The Balaban J connectivity index is 1.55. The van der Waals surface area contributed by atoms with Gasteiger partial charge in [0, 0.05) is 11.6 Å². The number of methoxy groups -OCH3 is 1. The Bertz CT molecular complexity index is 811. The molecule has 0 bridgehead atoms. The summed E-state index contributed by atoms with van der Waals surface area (Å²) in [7, 11) is 1.32. The average molecular weight is 376 g/mol. The van der Waals surface area contributed by atoms with Crippen molar-refractivity contribution in [1.82, 2.24) is 0 Å². The fourth-order valence-electron chi connectivity index (χ4n) is 3.64. The molecule has 1 aliphatic rings. The summed E-state index contributed by atoms with van der Waals surface area (Å²) in [5, 5.41) is 0. The number of rotatable bonds is 6. The Morgan fingerprint density at radius 3 is 2.41 bits per heavy atom. The van der Waals surface area contributed by atoms with E-state index in [4.69, 9.17) is 9.47 Å². The molecule has 0 radical (unpaired) electrons. The smallest absolute Gasteiger partial charge is 0.200 e. The van der Waals surface area contributed by atoms with Crippen molar-refractivity contribution in [3.8, 4) is 11.5 Å². The zero-order valence-corrected chi connectivity index (χ0v) is 15.3. The molecule has 2 aromatic rings. The fraction of sp³-hybridized carbons (Fsp3) is 0.364. The van der Waals surface area contributed by atoms with Crippen molar-refractivity contribution in [3.05, 3.63) is 65.5 Å². The molecule has 0 atom stereocenters. The second kappa shape index (κ2) is 8.51. The van der Waals surface area contributed by atoms with Crippen molar-refractivity contribution in [2.24, 2.45) is 5.92 Å². The summed E-state index contributed by atoms with van der Waals surface area (Å²) in [6.07, 6.45) is 4.69. The molecule has 5 heteroatoms. The van der Waals surface area contributed by atoms with Gasteiger partial charge in [-0.15, -0.1) is 0 Å². The second-order valence-corrected chi connectivity index (χ2v) is 6.90. The van der Waals surface area contributed by atoms with E-state index in [1.165, 1.54) is 25.3 Å². The third-order valence-electron chi connectivity index (χ3n) is 5.26. The van der Waals surface area contributed by atoms with E-state index in [0.29, 0.717) is 29.4 Å². The summed E-state index contributed by atoms with van der Waals surface area (Å²) < 4.78 is 52.5. The summed E-state index contributed by atoms with van der Waals surface area (Å²) in [4.78, 5) is 0. The minimum absolute atomic E-state index is 0.00836. The van der Waals surface area contributed by atoms with Gasteiger partial charge in [-0.25, -0.2) is 8.78 Å². The molecule has 2 nitrogen and oxygen atoms in total. The van der Waals surface area contributed by atoms with Crippen LogP contribution in [-0.2, 0) is 0 Å². The van der Waals surface area contributed by atoms with Crippen LogP contribution in [-0.4, -0.2) is 13.7 Å². The lowest BCUT2D eigenvalue weighted by Crippen LogP contribution is -2.20. The molecule has 0 N–H and O–H groups in total. The lowest BCUT2D eigenvalue weighted by atomic mass is 9.79. The molecule has 0 amide bonds. The van der Waals surface area contributed by atoms with Crippen LogP contribution in [0.2, 0.25) is 0 Å². The average Bonchev–Trinajstić information content (AvgIpc) is 2.69. The van der Waals surface area contributed by atoms with E-state index in [9.17, 15) is 13.2 Å². The van der Waals surface area contributed by atoms with E-state index < -0.39 is 11.6 Å². The van der Waals surface area contributed by atoms with E-state index >= 15 is 0 Å². The van der Waals surface area contributed by atoms with Gasteiger partial charge in [0.1, 0.15) is 11.6 Å². The van der Waals surface area contributed by atoms with Gasteiger partial charge in [-0.3, -0.25) is 0 Å². The summed E-state index contributed by atoms with van der Waals surface area (Å²) in [5.41, 5.74) is 0.853. The second-order valence-electron chi connectivity index (χ2n) is 6.90. The normalized spacial score (nSPS) is 19.6. The van der Waals surface area contributed by atoms with E-state index in [2.05, 4.69) is 6.58 Å². The van der Waals surface area contributed by atoms with Gasteiger partial charge in [0.2, 0.25) is 5.82 Å². The Morgan fingerprint density at radius 2 is 1.78 bits per heavy atom. The summed E-state index contributed by atoms with van der Waals surface area (Å²) in [6, 6.07) is 7.81. The van der Waals surface area contributed by atoms with Crippen molar-refractivity contribution >= 4 is 6.08 Å². The number of ether oxygens (including phenoxy) is 2. The maximum Gasteiger partial charge on any atom is 0.200 e. The molecule has 0 spiro atoms. The van der Waals surface area contributed by atoms with Gasteiger partial charge in [0.05, 0.1) is 13.7 Å². The van der Waals surface area contributed by atoms with Crippen LogP contribution in [0.15, 0.2) is 36.9 Å².